The van der Waals surface area contributed by atoms with Crippen LogP contribution >= 0.6 is 11.6 Å². The quantitative estimate of drug-likeness (QED) is 0.515. The van der Waals surface area contributed by atoms with Gasteiger partial charge in [-0.15, -0.1) is 0 Å². The molecule has 2 atom stereocenters. The number of nitrogens with zero attached hydrogens (tertiary/aromatic N) is 3. The number of carbonyl (C=O) groups excluding carboxylic acids is 2. The average Bonchev–Trinajstić information content (AvgIpc) is 3.49. The highest BCUT2D eigenvalue weighted by atomic mass is 35.5. The van der Waals surface area contributed by atoms with Crippen molar-refractivity contribution in [3.63, 3.8) is 0 Å². The molecule has 2 amide bonds. The Morgan fingerprint density at radius 3 is 2.69 bits per heavy atom. The molecule has 0 radical (unpaired) electrons. The molecule has 2 aromatic rings. The number of benzene rings is 2. The van der Waals surface area contributed by atoms with Crippen LogP contribution in [-0.2, 0) is 14.8 Å². The lowest BCUT2D eigenvalue weighted by Crippen LogP contribution is -2.52. The minimum atomic E-state index is -4.15. The van der Waals surface area contributed by atoms with Gasteiger partial charge in [0.15, 0.2) is 0 Å². The fourth-order valence-corrected chi connectivity index (χ4v) is 8.02. The van der Waals surface area contributed by atoms with Crippen LogP contribution in [0.5, 0.6) is 5.75 Å². The minimum Gasteiger partial charge on any atom is -0.495 e. The van der Waals surface area contributed by atoms with E-state index in [0.29, 0.717) is 56.9 Å². The van der Waals surface area contributed by atoms with Crippen LogP contribution in [0.2, 0.25) is 5.02 Å². The Bertz CT molecular complexity index is 1460. The van der Waals surface area contributed by atoms with Crippen LogP contribution in [-0.4, -0.2) is 82.5 Å². The van der Waals surface area contributed by atoms with Gasteiger partial charge in [0.1, 0.15) is 5.75 Å². The van der Waals surface area contributed by atoms with Crippen molar-refractivity contribution in [1.82, 2.24) is 15.1 Å². The molecule has 3 aliphatic rings. The summed E-state index contributed by atoms with van der Waals surface area (Å²) in [6, 6.07) is 11.0. The van der Waals surface area contributed by atoms with E-state index < -0.39 is 15.4 Å². The molecule has 42 heavy (non-hydrogen) atoms. The second-order valence-corrected chi connectivity index (χ2v) is 13.5. The van der Waals surface area contributed by atoms with Crippen molar-refractivity contribution in [2.24, 2.45) is 5.41 Å². The first-order chi connectivity index (χ1) is 20.2. The van der Waals surface area contributed by atoms with Gasteiger partial charge in [0.25, 0.3) is 15.9 Å². The number of carbonyl (C=O) groups is 2. The summed E-state index contributed by atoms with van der Waals surface area (Å²) in [6.07, 6.45) is 7.23. The standard InChI is InChI=1S/C31H39ClN4O5S/c1-3-17-35-23-13-19-34(21-23)30(38)31(15-8-16-33-22-31)14-6-7-18-36(27-9-4-5-10-28(27)41-2)42(39,40)24-11-12-26(32)25(20-24)29(35)37/h4-7,9-12,20,23,33H,3,8,13-19,21-22H2,1-2H3/b7-6-. The molecular weight excluding hydrogens is 576 g/mol. The van der Waals surface area contributed by atoms with E-state index >= 15 is 0 Å². The van der Waals surface area contributed by atoms with Crippen molar-refractivity contribution < 1.29 is 22.7 Å². The Morgan fingerprint density at radius 1 is 1.14 bits per heavy atom. The fraction of sp³-hybridized carbons (Fsp3) is 0.484. The summed E-state index contributed by atoms with van der Waals surface area (Å²) in [6.45, 7) is 4.93. The monoisotopic (exact) mass is 614 g/mol. The van der Waals surface area contributed by atoms with Crippen molar-refractivity contribution in [2.45, 2.75) is 50.0 Å². The lowest BCUT2D eigenvalue weighted by atomic mass is 9.76. The Labute approximate surface area is 253 Å². The zero-order valence-electron chi connectivity index (χ0n) is 24.2. The maximum absolute atomic E-state index is 14.3. The number of para-hydroxylation sites is 2. The van der Waals surface area contributed by atoms with Crippen molar-refractivity contribution in [3.8, 4) is 5.75 Å². The summed E-state index contributed by atoms with van der Waals surface area (Å²) in [5.41, 5.74) is -0.121. The SMILES string of the molecule is CCCN1C(=O)c2cc(ccc2Cl)S(=O)(=O)N(c2ccccc2OC)C/C=C\CC2(CCCNC2)C(=O)N2CCC1C2. The number of halogens is 1. The molecule has 0 saturated carbocycles. The second kappa shape index (κ2) is 12.7. The molecule has 0 aromatic heterocycles. The normalized spacial score (nSPS) is 25.6. The van der Waals surface area contributed by atoms with Crippen molar-refractivity contribution in [3.05, 3.63) is 65.2 Å². The smallest absolute Gasteiger partial charge is 0.264 e. The third-order valence-corrected chi connectivity index (χ3v) is 10.7. The van der Waals surface area contributed by atoms with Gasteiger partial charge in [0.2, 0.25) is 5.91 Å². The average molecular weight is 615 g/mol. The number of ether oxygens (including phenoxy) is 1. The van der Waals surface area contributed by atoms with Gasteiger partial charge in [-0.25, -0.2) is 8.42 Å². The summed E-state index contributed by atoms with van der Waals surface area (Å²) < 4.78 is 35.3. The molecule has 4 bridgehead atoms. The number of piperidine rings is 1. The Balaban J connectivity index is 1.65. The van der Waals surface area contributed by atoms with Gasteiger partial charge in [-0.05, 0) is 69.0 Å². The van der Waals surface area contributed by atoms with Crippen LogP contribution in [0.4, 0.5) is 5.69 Å². The number of hydrogen-bond donors (Lipinski definition) is 1. The predicted octanol–water partition coefficient (Wildman–Crippen LogP) is 4.33. The van der Waals surface area contributed by atoms with E-state index in [0.717, 1.165) is 19.4 Å². The van der Waals surface area contributed by atoms with Crippen LogP contribution in [0.3, 0.4) is 0 Å². The summed E-state index contributed by atoms with van der Waals surface area (Å²) in [5.74, 6) is 0.158. The summed E-state index contributed by atoms with van der Waals surface area (Å²) in [4.78, 5) is 31.8. The molecule has 5 rings (SSSR count). The number of amides is 2. The van der Waals surface area contributed by atoms with Crippen LogP contribution < -0.4 is 14.4 Å². The zero-order chi connectivity index (χ0) is 29.9. The summed E-state index contributed by atoms with van der Waals surface area (Å²) in [5, 5.41) is 3.60. The minimum absolute atomic E-state index is 0.0139. The topological polar surface area (TPSA) is 99.3 Å². The third kappa shape index (κ3) is 5.76. The molecule has 11 heteroatoms. The first-order valence-corrected chi connectivity index (χ1v) is 16.4. The number of methoxy groups -OCH3 is 1. The van der Waals surface area contributed by atoms with Crippen molar-refractivity contribution >= 4 is 39.1 Å². The molecular formula is C31H39ClN4O5S. The van der Waals surface area contributed by atoms with Crippen LogP contribution in [0.25, 0.3) is 0 Å². The fourth-order valence-electron chi connectivity index (χ4n) is 6.37. The van der Waals surface area contributed by atoms with Crippen LogP contribution in [0, 0.1) is 5.41 Å². The van der Waals surface area contributed by atoms with Gasteiger partial charge in [-0.2, -0.15) is 0 Å². The molecule has 2 unspecified atom stereocenters. The Kier molecular flexibility index (Phi) is 9.15. The second-order valence-electron chi connectivity index (χ2n) is 11.3. The lowest BCUT2D eigenvalue weighted by molar-refractivity contribution is -0.142. The van der Waals surface area contributed by atoms with Gasteiger partial charge in [0.05, 0.1) is 46.3 Å². The Morgan fingerprint density at radius 2 is 1.95 bits per heavy atom. The van der Waals surface area contributed by atoms with E-state index in [-0.39, 0.29) is 39.9 Å². The van der Waals surface area contributed by atoms with Gasteiger partial charge in [-0.3, -0.25) is 13.9 Å². The van der Waals surface area contributed by atoms with Gasteiger partial charge >= 0.3 is 0 Å². The van der Waals surface area contributed by atoms with Crippen LogP contribution in [0.1, 0.15) is 49.4 Å². The maximum atomic E-state index is 14.3. The maximum Gasteiger partial charge on any atom is 0.264 e. The molecule has 226 valence electrons. The lowest BCUT2D eigenvalue weighted by Gasteiger charge is -2.39. The van der Waals surface area contributed by atoms with E-state index in [1.165, 1.54) is 29.6 Å². The van der Waals surface area contributed by atoms with Crippen molar-refractivity contribution in [1.29, 1.82) is 0 Å². The zero-order valence-corrected chi connectivity index (χ0v) is 25.8. The molecule has 9 nitrogen and oxygen atoms in total. The molecule has 0 aliphatic carbocycles. The third-order valence-electron chi connectivity index (χ3n) is 8.60. The van der Waals surface area contributed by atoms with Gasteiger partial charge in [-0.1, -0.05) is 42.8 Å². The molecule has 3 heterocycles. The number of nitrogens with one attached hydrogen (secondary N) is 1. The first-order valence-electron chi connectivity index (χ1n) is 14.6. The molecule has 2 fully saturated rings. The van der Waals surface area contributed by atoms with E-state index in [1.807, 2.05) is 17.9 Å². The number of hydrogen-bond acceptors (Lipinski definition) is 6. The highest BCUT2D eigenvalue weighted by Gasteiger charge is 2.44. The Hall–Kier alpha value is -3.08. The predicted molar refractivity (Wildman–Crippen MR) is 164 cm³/mol. The molecule has 3 aliphatic heterocycles. The number of fused-ring (bicyclic) bond motifs is 4. The molecule has 1 N–H and O–H groups in total. The first kappa shape index (κ1) is 30.4. The van der Waals surface area contributed by atoms with E-state index in [9.17, 15) is 18.0 Å². The van der Waals surface area contributed by atoms with Crippen molar-refractivity contribution in [2.75, 3.05) is 50.7 Å². The van der Waals surface area contributed by atoms with Gasteiger partial charge in [0, 0.05) is 26.2 Å². The molecule has 1 spiro atoms. The number of allylic oxidation sites excluding steroid dienone is 1. The largest absolute Gasteiger partial charge is 0.495 e. The van der Waals surface area contributed by atoms with E-state index in [2.05, 4.69) is 5.32 Å². The van der Waals surface area contributed by atoms with E-state index in [1.54, 1.807) is 35.2 Å². The summed E-state index contributed by atoms with van der Waals surface area (Å²) in [7, 11) is -2.66. The molecule has 2 saturated heterocycles. The number of sulfonamides is 1. The summed E-state index contributed by atoms with van der Waals surface area (Å²) >= 11 is 6.55. The molecule has 2 aromatic carbocycles. The van der Waals surface area contributed by atoms with E-state index in [4.69, 9.17) is 16.3 Å². The highest BCUT2D eigenvalue weighted by Crippen LogP contribution is 2.37. The highest BCUT2D eigenvalue weighted by molar-refractivity contribution is 7.92. The van der Waals surface area contributed by atoms with Gasteiger partial charge < -0.3 is 19.9 Å². The number of anilines is 1. The number of rotatable bonds is 4. The van der Waals surface area contributed by atoms with Crippen LogP contribution in [0.15, 0.2) is 59.5 Å².